The van der Waals surface area contributed by atoms with Gasteiger partial charge in [0.25, 0.3) is 0 Å². The molecule has 0 saturated carbocycles. The van der Waals surface area contributed by atoms with Crippen molar-refractivity contribution in [1.29, 1.82) is 0 Å². The van der Waals surface area contributed by atoms with Gasteiger partial charge in [-0.25, -0.2) is 0 Å². The van der Waals surface area contributed by atoms with Crippen LogP contribution in [0.25, 0.3) is 0 Å². The lowest BCUT2D eigenvalue weighted by atomic mass is 9.99. The molecule has 1 aromatic carbocycles. The molecule has 2 rings (SSSR count). The zero-order valence-electron chi connectivity index (χ0n) is 12.2. The van der Waals surface area contributed by atoms with Gasteiger partial charge in [-0.05, 0) is 45.2 Å². The first-order valence-corrected chi connectivity index (χ1v) is 7.13. The molecule has 2 nitrogen and oxygen atoms in total. The van der Waals surface area contributed by atoms with Gasteiger partial charge in [0.2, 0.25) is 0 Å². The van der Waals surface area contributed by atoms with E-state index in [4.69, 9.17) is 0 Å². The topological polar surface area (TPSA) is 15.3 Å². The zero-order chi connectivity index (χ0) is 13.2. The first-order chi connectivity index (χ1) is 8.54. The van der Waals surface area contributed by atoms with E-state index in [0.29, 0.717) is 6.04 Å². The van der Waals surface area contributed by atoms with Crippen LogP contribution in [0.5, 0.6) is 0 Å². The van der Waals surface area contributed by atoms with Crippen molar-refractivity contribution in [3.8, 4) is 0 Å². The average molecular weight is 246 g/mol. The fourth-order valence-electron chi connectivity index (χ4n) is 2.77. The third-order valence-electron chi connectivity index (χ3n) is 4.06. The second-order valence-electron chi connectivity index (χ2n) is 6.02. The molecule has 0 spiro atoms. The normalized spacial score (nSPS) is 23.8. The van der Waals surface area contributed by atoms with Crippen molar-refractivity contribution in [3.63, 3.8) is 0 Å². The van der Waals surface area contributed by atoms with Crippen LogP contribution in [0.3, 0.4) is 0 Å². The highest BCUT2D eigenvalue weighted by Gasteiger charge is 2.30. The number of hydrogen-bond acceptors (Lipinski definition) is 2. The number of nitrogens with one attached hydrogen (secondary N) is 1. The van der Waals surface area contributed by atoms with Crippen molar-refractivity contribution >= 4 is 5.69 Å². The number of nitrogens with zero attached hydrogens (tertiary/aromatic N) is 1. The summed E-state index contributed by atoms with van der Waals surface area (Å²) in [6.07, 6.45) is 2.31. The lowest BCUT2D eigenvalue weighted by Gasteiger charge is -2.40. The number of anilines is 1. The van der Waals surface area contributed by atoms with E-state index in [1.807, 2.05) is 0 Å². The standard InChI is InChI=1S/C16H26N2/c1-5-14-8-6-7-9-15(14)18-11-10-13(2)17-12-16(18,3)4/h6-9,13,17H,5,10-12H2,1-4H3. The van der Waals surface area contributed by atoms with Crippen molar-refractivity contribution in [1.82, 2.24) is 5.32 Å². The molecule has 1 heterocycles. The highest BCUT2D eigenvalue weighted by atomic mass is 15.2. The molecule has 1 aromatic rings. The predicted molar refractivity (Wildman–Crippen MR) is 79.3 cm³/mol. The van der Waals surface area contributed by atoms with E-state index in [2.05, 4.69) is 62.2 Å². The Morgan fingerprint density at radius 1 is 1.33 bits per heavy atom. The summed E-state index contributed by atoms with van der Waals surface area (Å²) in [5, 5.41) is 3.63. The van der Waals surface area contributed by atoms with Gasteiger partial charge in [-0.15, -0.1) is 0 Å². The molecule has 0 bridgehead atoms. The van der Waals surface area contributed by atoms with Crippen LogP contribution in [0.2, 0.25) is 0 Å². The van der Waals surface area contributed by atoms with Gasteiger partial charge in [0.1, 0.15) is 0 Å². The van der Waals surface area contributed by atoms with Crippen LogP contribution in [-0.4, -0.2) is 24.7 Å². The fourth-order valence-corrected chi connectivity index (χ4v) is 2.77. The van der Waals surface area contributed by atoms with Crippen LogP contribution < -0.4 is 10.2 Å². The Bertz CT molecular complexity index is 398. The van der Waals surface area contributed by atoms with E-state index in [0.717, 1.165) is 19.5 Å². The highest BCUT2D eigenvalue weighted by molar-refractivity contribution is 5.55. The van der Waals surface area contributed by atoms with E-state index < -0.39 is 0 Å². The molecule has 1 aliphatic rings. The lowest BCUT2D eigenvalue weighted by molar-refractivity contribution is 0.447. The van der Waals surface area contributed by atoms with Gasteiger partial charge in [0.15, 0.2) is 0 Å². The molecule has 0 amide bonds. The number of aryl methyl sites for hydroxylation is 1. The molecule has 0 aromatic heterocycles. The maximum absolute atomic E-state index is 3.63. The Hall–Kier alpha value is -1.02. The molecule has 1 fully saturated rings. The van der Waals surface area contributed by atoms with Crippen molar-refractivity contribution in [2.75, 3.05) is 18.0 Å². The Balaban J connectivity index is 2.34. The Morgan fingerprint density at radius 3 is 2.78 bits per heavy atom. The molecule has 1 aliphatic heterocycles. The third kappa shape index (κ3) is 2.69. The molecule has 1 N–H and O–H groups in total. The zero-order valence-corrected chi connectivity index (χ0v) is 12.2. The van der Waals surface area contributed by atoms with E-state index in [1.165, 1.54) is 17.7 Å². The van der Waals surface area contributed by atoms with Gasteiger partial charge in [-0.1, -0.05) is 25.1 Å². The first-order valence-electron chi connectivity index (χ1n) is 7.13. The average Bonchev–Trinajstić information content (AvgIpc) is 2.49. The SMILES string of the molecule is CCc1ccccc1N1CCC(C)NCC1(C)C. The first kappa shape index (κ1) is 13.4. The largest absolute Gasteiger partial charge is 0.365 e. The van der Waals surface area contributed by atoms with Crippen LogP contribution in [0.15, 0.2) is 24.3 Å². The van der Waals surface area contributed by atoms with Crippen LogP contribution in [0, 0.1) is 0 Å². The second-order valence-corrected chi connectivity index (χ2v) is 6.02. The van der Waals surface area contributed by atoms with Crippen molar-refractivity contribution in [3.05, 3.63) is 29.8 Å². The molecular formula is C16H26N2. The van der Waals surface area contributed by atoms with Gasteiger partial charge in [0, 0.05) is 30.4 Å². The lowest BCUT2D eigenvalue weighted by Crippen LogP contribution is -2.49. The summed E-state index contributed by atoms with van der Waals surface area (Å²) in [5.74, 6) is 0. The van der Waals surface area contributed by atoms with Crippen molar-refractivity contribution < 1.29 is 0 Å². The number of hydrogen-bond donors (Lipinski definition) is 1. The quantitative estimate of drug-likeness (QED) is 0.862. The summed E-state index contributed by atoms with van der Waals surface area (Å²) in [6.45, 7) is 11.4. The highest BCUT2D eigenvalue weighted by Crippen LogP contribution is 2.29. The molecule has 1 saturated heterocycles. The maximum atomic E-state index is 3.63. The van der Waals surface area contributed by atoms with Gasteiger partial charge in [-0.2, -0.15) is 0 Å². The summed E-state index contributed by atoms with van der Waals surface area (Å²) < 4.78 is 0. The van der Waals surface area contributed by atoms with E-state index in [9.17, 15) is 0 Å². The number of rotatable bonds is 2. The van der Waals surface area contributed by atoms with Crippen LogP contribution in [0.4, 0.5) is 5.69 Å². The summed E-state index contributed by atoms with van der Waals surface area (Å²) in [4.78, 5) is 2.59. The summed E-state index contributed by atoms with van der Waals surface area (Å²) >= 11 is 0. The van der Waals surface area contributed by atoms with Crippen LogP contribution in [-0.2, 0) is 6.42 Å². The second kappa shape index (κ2) is 5.31. The Kier molecular flexibility index (Phi) is 3.96. The smallest absolute Gasteiger partial charge is 0.0470 e. The monoisotopic (exact) mass is 246 g/mol. The molecule has 1 atom stereocenters. The molecule has 100 valence electrons. The summed E-state index contributed by atoms with van der Waals surface area (Å²) in [5.41, 5.74) is 3.05. The number of benzene rings is 1. The summed E-state index contributed by atoms with van der Waals surface area (Å²) in [6, 6.07) is 9.45. The van der Waals surface area contributed by atoms with E-state index in [1.54, 1.807) is 0 Å². The van der Waals surface area contributed by atoms with Gasteiger partial charge >= 0.3 is 0 Å². The minimum absolute atomic E-state index is 0.177. The third-order valence-corrected chi connectivity index (χ3v) is 4.06. The van der Waals surface area contributed by atoms with Gasteiger partial charge < -0.3 is 10.2 Å². The van der Waals surface area contributed by atoms with E-state index in [-0.39, 0.29) is 5.54 Å². The number of para-hydroxylation sites is 1. The van der Waals surface area contributed by atoms with E-state index >= 15 is 0 Å². The molecule has 1 unspecified atom stereocenters. The molecule has 18 heavy (non-hydrogen) atoms. The maximum Gasteiger partial charge on any atom is 0.0470 e. The minimum Gasteiger partial charge on any atom is -0.365 e. The van der Waals surface area contributed by atoms with Crippen molar-refractivity contribution in [2.45, 2.75) is 52.1 Å². The van der Waals surface area contributed by atoms with Crippen LogP contribution >= 0.6 is 0 Å². The fraction of sp³-hybridized carbons (Fsp3) is 0.625. The summed E-state index contributed by atoms with van der Waals surface area (Å²) in [7, 11) is 0. The molecule has 2 heteroatoms. The predicted octanol–water partition coefficient (Wildman–Crippen LogP) is 3.22. The van der Waals surface area contributed by atoms with Gasteiger partial charge in [0.05, 0.1) is 0 Å². The Morgan fingerprint density at radius 2 is 2.06 bits per heavy atom. The van der Waals surface area contributed by atoms with Gasteiger partial charge in [-0.3, -0.25) is 0 Å². The molecule has 0 aliphatic carbocycles. The van der Waals surface area contributed by atoms with Crippen molar-refractivity contribution in [2.24, 2.45) is 0 Å². The van der Waals surface area contributed by atoms with Crippen LogP contribution in [0.1, 0.15) is 39.7 Å². The molecular weight excluding hydrogens is 220 g/mol. The minimum atomic E-state index is 0.177. The Labute approximate surface area is 111 Å². The molecule has 0 radical (unpaired) electrons.